The number of hydrogen-bond acceptors (Lipinski definition) is 3. The van der Waals surface area contributed by atoms with Gasteiger partial charge in [-0.3, -0.25) is 4.79 Å². The van der Waals surface area contributed by atoms with Crippen LogP contribution in [0.2, 0.25) is 0 Å². The molecule has 1 aromatic rings. The number of hydrogen-bond donors (Lipinski definition) is 2. The Morgan fingerprint density at radius 1 is 1.44 bits per heavy atom. The van der Waals surface area contributed by atoms with E-state index in [-0.39, 0.29) is 12.8 Å². The molecular formula is C14H15NO3. The summed E-state index contributed by atoms with van der Waals surface area (Å²) < 4.78 is 0. The summed E-state index contributed by atoms with van der Waals surface area (Å²) >= 11 is 0. The van der Waals surface area contributed by atoms with Gasteiger partial charge in [0.25, 0.3) is 0 Å². The number of primary amides is 1. The van der Waals surface area contributed by atoms with Crippen LogP contribution in [0.3, 0.4) is 0 Å². The zero-order chi connectivity index (χ0) is 13.2. The fourth-order valence-corrected chi connectivity index (χ4v) is 2.36. The Morgan fingerprint density at radius 2 is 2.17 bits per heavy atom. The Kier molecular flexibility index (Phi) is 3.30. The molecule has 0 radical (unpaired) electrons. The first-order valence-electron chi connectivity index (χ1n) is 5.81. The number of aldehydes is 1. The fourth-order valence-electron chi connectivity index (χ4n) is 2.36. The second-order valence-corrected chi connectivity index (χ2v) is 4.50. The van der Waals surface area contributed by atoms with Gasteiger partial charge in [0.1, 0.15) is 11.9 Å². The molecule has 1 aliphatic rings. The van der Waals surface area contributed by atoms with E-state index in [1.54, 1.807) is 18.2 Å². The fraction of sp³-hybridized carbons (Fsp3) is 0.286. The first-order chi connectivity index (χ1) is 8.58. The van der Waals surface area contributed by atoms with Crippen molar-refractivity contribution in [2.45, 2.75) is 18.4 Å². The Bertz CT molecular complexity index is 510. The Balaban J connectivity index is 2.43. The van der Waals surface area contributed by atoms with Crippen molar-refractivity contribution in [1.29, 1.82) is 0 Å². The molecule has 2 unspecified atom stereocenters. The van der Waals surface area contributed by atoms with Crippen molar-refractivity contribution >= 4 is 18.3 Å². The van der Waals surface area contributed by atoms with E-state index >= 15 is 0 Å². The maximum atomic E-state index is 11.1. The van der Waals surface area contributed by atoms with Crippen molar-refractivity contribution in [3.63, 3.8) is 0 Å². The highest BCUT2D eigenvalue weighted by Gasteiger charge is 2.40. The molecule has 18 heavy (non-hydrogen) atoms. The lowest BCUT2D eigenvalue weighted by Gasteiger charge is -2.36. The standard InChI is InChI=1S/C14H15NO3/c15-13(17)7-8-14(18)11(9-16)6-5-10-3-1-2-4-12(10)14/h1-6,9,11,18H,7-8H2,(H2,15,17). The van der Waals surface area contributed by atoms with Crippen LogP contribution >= 0.6 is 0 Å². The highest BCUT2D eigenvalue weighted by Crippen LogP contribution is 2.40. The summed E-state index contributed by atoms with van der Waals surface area (Å²) in [5, 5.41) is 10.7. The van der Waals surface area contributed by atoms with E-state index in [4.69, 9.17) is 5.73 Å². The van der Waals surface area contributed by atoms with Gasteiger partial charge in [-0.2, -0.15) is 0 Å². The van der Waals surface area contributed by atoms with Crippen LogP contribution in [0.15, 0.2) is 30.3 Å². The lowest BCUT2D eigenvalue weighted by atomic mass is 9.73. The molecule has 4 nitrogen and oxygen atoms in total. The Morgan fingerprint density at radius 3 is 2.83 bits per heavy atom. The van der Waals surface area contributed by atoms with E-state index in [0.717, 1.165) is 5.56 Å². The molecule has 0 saturated carbocycles. The molecule has 0 fully saturated rings. The van der Waals surface area contributed by atoms with E-state index in [1.807, 2.05) is 18.2 Å². The third kappa shape index (κ3) is 2.07. The number of carbonyl (C=O) groups excluding carboxylic acids is 2. The van der Waals surface area contributed by atoms with Crippen LogP contribution in [-0.2, 0) is 15.2 Å². The molecule has 0 spiro atoms. The summed E-state index contributed by atoms with van der Waals surface area (Å²) in [5.41, 5.74) is 5.31. The molecule has 0 bridgehead atoms. The normalized spacial score (nSPS) is 25.5. The second-order valence-electron chi connectivity index (χ2n) is 4.50. The molecule has 94 valence electrons. The van der Waals surface area contributed by atoms with Gasteiger partial charge in [0.05, 0.1) is 5.92 Å². The predicted molar refractivity (Wildman–Crippen MR) is 67.4 cm³/mol. The van der Waals surface area contributed by atoms with Crippen LogP contribution in [0.25, 0.3) is 6.08 Å². The van der Waals surface area contributed by atoms with Crippen molar-refractivity contribution in [2.24, 2.45) is 11.7 Å². The summed E-state index contributed by atoms with van der Waals surface area (Å²) in [4.78, 5) is 22.0. The number of aliphatic hydroxyl groups is 1. The summed E-state index contributed by atoms with van der Waals surface area (Å²) in [6.45, 7) is 0. The summed E-state index contributed by atoms with van der Waals surface area (Å²) in [5.74, 6) is -1.13. The van der Waals surface area contributed by atoms with Gasteiger partial charge in [0.2, 0.25) is 5.91 Å². The van der Waals surface area contributed by atoms with Crippen LogP contribution in [0, 0.1) is 5.92 Å². The van der Waals surface area contributed by atoms with Gasteiger partial charge in [-0.1, -0.05) is 36.4 Å². The Hall–Kier alpha value is -1.94. The topological polar surface area (TPSA) is 80.4 Å². The summed E-state index contributed by atoms with van der Waals surface area (Å²) in [6, 6.07) is 7.30. The zero-order valence-corrected chi connectivity index (χ0v) is 9.87. The average molecular weight is 245 g/mol. The molecule has 3 N–H and O–H groups in total. The minimum absolute atomic E-state index is 0.0447. The first-order valence-corrected chi connectivity index (χ1v) is 5.81. The van der Waals surface area contributed by atoms with E-state index in [1.165, 1.54) is 0 Å². The van der Waals surface area contributed by atoms with Gasteiger partial charge in [-0.25, -0.2) is 0 Å². The van der Waals surface area contributed by atoms with Crippen molar-refractivity contribution < 1.29 is 14.7 Å². The molecule has 0 aliphatic heterocycles. The molecule has 0 heterocycles. The number of rotatable bonds is 4. The monoisotopic (exact) mass is 245 g/mol. The number of nitrogens with two attached hydrogens (primary N) is 1. The van der Waals surface area contributed by atoms with Crippen LogP contribution < -0.4 is 5.73 Å². The predicted octanol–water partition coefficient (Wildman–Crippen LogP) is 0.982. The van der Waals surface area contributed by atoms with Crippen molar-refractivity contribution in [1.82, 2.24) is 0 Å². The van der Waals surface area contributed by atoms with Gasteiger partial charge in [0.15, 0.2) is 0 Å². The van der Waals surface area contributed by atoms with Gasteiger partial charge in [0, 0.05) is 6.42 Å². The molecule has 1 aromatic carbocycles. The first kappa shape index (κ1) is 12.5. The van der Waals surface area contributed by atoms with Gasteiger partial charge >= 0.3 is 0 Å². The molecule has 2 rings (SSSR count). The van der Waals surface area contributed by atoms with E-state index < -0.39 is 17.4 Å². The minimum atomic E-state index is -1.35. The SMILES string of the molecule is NC(=O)CCC1(O)c2ccccc2C=CC1C=O. The third-order valence-corrected chi connectivity index (χ3v) is 3.36. The molecule has 0 saturated heterocycles. The molecule has 2 atom stereocenters. The quantitative estimate of drug-likeness (QED) is 0.776. The lowest BCUT2D eigenvalue weighted by molar-refractivity contribution is -0.124. The highest BCUT2D eigenvalue weighted by atomic mass is 16.3. The number of fused-ring (bicyclic) bond motifs is 1. The molecule has 1 amide bonds. The van der Waals surface area contributed by atoms with Crippen LogP contribution in [-0.4, -0.2) is 17.3 Å². The Labute approximate surface area is 105 Å². The number of benzene rings is 1. The maximum Gasteiger partial charge on any atom is 0.217 e. The average Bonchev–Trinajstić information content (AvgIpc) is 2.37. The van der Waals surface area contributed by atoms with E-state index in [9.17, 15) is 14.7 Å². The molecule has 1 aliphatic carbocycles. The number of amides is 1. The lowest BCUT2D eigenvalue weighted by Crippen LogP contribution is -2.38. The molecule has 4 heteroatoms. The van der Waals surface area contributed by atoms with Crippen LogP contribution in [0.1, 0.15) is 24.0 Å². The van der Waals surface area contributed by atoms with Gasteiger partial charge in [-0.15, -0.1) is 0 Å². The summed E-state index contributed by atoms with van der Waals surface area (Å²) in [6.07, 6.45) is 4.37. The number of carbonyl (C=O) groups is 2. The van der Waals surface area contributed by atoms with Gasteiger partial charge < -0.3 is 15.6 Å². The van der Waals surface area contributed by atoms with E-state index in [2.05, 4.69) is 0 Å². The zero-order valence-electron chi connectivity index (χ0n) is 9.87. The maximum absolute atomic E-state index is 11.1. The van der Waals surface area contributed by atoms with Crippen LogP contribution in [0.5, 0.6) is 0 Å². The highest BCUT2D eigenvalue weighted by molar-refractivity contribution is 5.75. The van der Waals surface area contributed by atoms with Crippen molar-refractivity contribution in [3.8, 4) is 0 Å². The van der Waals surface area contributed by atoms with Crippen molar-refractivity contribution in [2.75, 3.05) is 0 Å². The molecule has 0 aromatic heterocycles. The minimum Gasteiger partial charge on any atom is -0.384 e. The van der Waals surface area contributed by atoms with E-state index in [0.29, 0.717) is 11.8 Å². The third-order valence-electron chi connectivity index (χ3n) is 3.36. The second kappa shape index (κ2) is 4.74. The largest absolute Gasteiger partial charge is 0.384 e. The molecular weight excluding hydrogens is 230 g/mol. The smallest absolute Gasteiger partial charge is 0.217 e. The van der Waals surface area contributed by atoms with Crippen LogP contribution in [0.4, 0.5) is 0 Å². The summed E-state index contributed by atoms with van der Waals surface area (Å²) in [7, 11) is 0. The van der Waals surface area contributed by atoms with Gasteiger partial charge in [-0.05, 0) is 17.5 Å². The van der Waals surface area contributed by atoms with Crippen molar-refractivity contribution in [3.05, 3.63) is 41.5 Å².